The summed E-state index contributed by atoms with van der Waals surface area (Å²) in [5.74, 6) is -0.00232. The van der Waals surface area contributed by atoms with Crippen LogP contribution in [0.5, 0.6) is 0 Å². The molecule has 0 heterocycles. The van der Waals surface area contributed by atoms with Crippen LogP contribution in [-0.4, -0.2) is 5.78 Å². The molecule has 18 heavy (non-hydrogen) atoms. The predicted octanol–water partition coefficient (Wildman–Crippen LogP) is 4.79. The molecule has 0 bridgehead atoms. The zero-order valence-electron chi connectivity index (χ0n) is 9.36. The van der Waals surface area contributed by atoms with Crippen LogP contribution < -0.4 is 0 Å². The highest BCUT2D eigenvalue weighted by Gasteiger charge is 2.13. The molecule has 0 unspecified atom stereocenters. The van der Waals surface area contributed by atoms with E-state index in [0.29, 0.717) is 16.1 Å². The first-order chi connectivity index (χ1) is 8.61. The van der Waals surface area contributed by atoms with Gasteiger partial charge >= 0.3 is 0 Å². The lowest BCUT2D eigenvalue weighted by Gasteiger charge is -2.07. The smallest absolute Gasteiger partial charge is 0.193 e. The molecule has 0 aromatic heterocycles. The van der Waals surface area contributed by atoms with E-state index in [4.69, 9.17) is 11.6 Å². The normalized spacial score (nSPS) is 10.4. The standard InChI is InChI=1S/C14H10ClIOS/c15-11-4-1-10(8-16)13(7-11)14(17)9-2-5-12(18)6-3-9/h1-7,18H,8H2. The van der Waals surface area contributed by atoms with Crippen molar-refractivity contribution in [2.75, 3.05) is 0 Å². The Labute approximate surface area is 130 Å². The van der Waals surface area contributed by atoms with Gasteiger partial charge in [-0.2, -0.15) is 0 Å². The van der Waals surface area contributed by atoms with Crippen molar-refractivity contribution >= 4 is 52.6 Å². The zero-order chi connectivity index (χ0) is 13.1. The van der Waals surface area contributed by atoms with Crippen LogP contribution in [0.25, 0.3) is 0 Å². The van der Waals surface area contributed by atoms with E-state index in [0.717, 1.165) is 14.9 Å². The number of halogens is 2. The lowest BCUT2D eigenvalue weighted by Crippen LogP contribution is -2.04. The fourth-order valence-electron chi connectivity index (χ4n) is 1.64. The molecule has 0 atom stereocenters. The van der Waals surface area contributed by atoms with Gasteiger partial charge in [0.1, 0.15) is 0 Å². The van der Waals surface area contributed by atoms with E-state index in [2.05, 4.69) is 35.2 Å². The Hall–Kier alpha value is -0.520. The van der Waals surface area contributed by atoms with Crippen molar-refractivity contribution in [1.29, 1.82) is 0 Å². The first-order valence-electron chi connectivity index (χ1n) is 5.30. The van der Waals surface area contributed by atoms with Gasteiger partial charge < -0.3 is 0 Å². The van der Waals surface area contributed by atoms with Crippen molar-refractivity contribution in [3.8, 4) is 0 Å². The number of benzene rings is 2. The minimum absolute atomic E-state index is 0.00232. The third-order valence-corrected chi connectivity index (χ3v) is 3.95. The fraction of sp³-hybridized carbons (Fsp3) is 0.0714. The van der Waals surface area contributed by atoms with Gasteiger partial charge in [-0.1, -0.05) is 40.3 Å². The summed E-state index contributed by atoms with van der Waals surface area (Å²) >= 11 is 12.4. The molecule has 2 aromatic rings. The Balaban J connectivity index is 2.45. The Morgan fingerprint density at radius 1 is 1.17 bits per heavy atom. The van der Waals surface area contributed by atoms with Crippen LogP contribution in [0.15, 0.2) is 47.4 Å². The van der Waals surface area contributed by atoms with Crippen LogP contribution in [0.2, 0.25) is 5.02 Å². The van der Waals surface area contributed by atoms with Crippen LogP contribution in [-0.2, 0) is 4.43 Å². The van der Waals surface area contributed by atoms with Crippen LogP contribution >= 0.6 is 46.8 Å². The van der Waals surface area contributed by atoms with Gasteiger partial charge in [-0.25, -0.2) is 0 Å². The summed E-state index contributed by atoms with van der Waals surface area (Å²) in [6, 6.07) is 12.6. The molecule has 0 aliphatic heterocycles. The van der Waals surface area contributed by atoms with Crippen molar-refractivity contribution < 1.29 is 4.79 Å². The quantitative estimate of drug-likeness (QED) is 0.346. The van der Waals surface area contributed by atoms with Gasteiger partial charge in [-0.05, 0) is 42.0 Å². The molecule has 2 aromatic carbocycles. The maximum absolute atomic E-state index is 12.4. The van der Waals surface area contributed by atoms with Gasteiger partial charge in [0.15, 0.2) is 5.78 Å². The Morgan fingerprint density at radius 2 is 1.83 bits per heavy atom. The molecule has 0 aliphatic rings. The average molecular weight is 389 g/mol. The number of hydrogen-bond acceptors (Lipinski definition) is 2. The maximum Gasteiger partial charge on any atom is 0.193 e. The lowest BCUT2D eigenvalue weighted by atomic mass is 9.99. The summed E-state index contributed by atoms with van der Waals surface area (Å²) < 4.78 is 0.778. The summed E-state index contributed by atoms with van der Waals surface area (Å²) in [6.07, 6.45) is 0. The fourth-order valence-corrected chi connectivity index (χ4v) is 2.63. The second kappa shape index (κ2) is 6.08. The lowest BCUT2D eigenvalue weighted by molar-refractivity contribution is 0.103. The molecule has 0 N–H and O–H groups in total. The highest BCUT2D eigenvalue weighted by molar-refractivity contribution is 14.1. The topological polar surface area (TPSA) is 17.1 Å². The molecule has 0 saturated heterocycles. The summed E-state index contributed by atoms with van der Waals surface area (Å²) in [6.45, 7) is 0. The summed E-state index contributed by atoms with van der Waals surface area (Å²) in [5.41, 5.74) is 2.32. The van der Waals surface area contributed by atoms with Crippen molar-refractivity contribution in [1.82, 2.24) is 0 Å². The third-order valence-electron chi connectivity index (χ3n) is 2.59. The zero-order valence-corrected chi connectivity index (χ0v) is 13.2. The second-order valence-corrected chi connectivity index (χ2v) is 5.53. The predicted molar refractivity (Wildman–Crippen MR) is 86.3 cm³/mol. The molecule has 0 radical (unpaired) electrons. The molecule has 0 aliphatic carbocycles. The highest BCUT2D eigenvalue weighted by atomic mass is 127. The van der Waals surface area contributed by atoms with E-state index in [-0.39, 0.29) is 5.78 Å². The molecular formula is C14H10ClIOS. The molecule has 0 fully saturated rings. The third kappa shape index (κ3) is 3.08. The first-order valence-corrected chi connectivity index (χ1v) is 7.65. The van der Waals surface area contributed by atoms with Crippen molar-refractivity contribution in [2.24, 2.45) is 0 Å². The summed E-state index contributed by atoms with van der Waals surface area (Å²) in [5, 5.41) is 0.581. The minimum Gasteiger partial charge on any atom is -0.289 e. The van der Waals surface area contributed by atoms with Gasteiger partial charge in [0.05, 0.1) is 0 Å². The number of rotatable bonds is 3. The van der Waals surface area contributed by atoms with Crippen molar-refractivity contribution in [2.45, 2.75) is 9.32 Å². The second-order valence-electron chi connectivity index (χ2n) is 3.81. The number of hydrogen-bond donors (Lipinski definition) is 1. The molecule has 92 valence electrons. The largest absolute Gasteiger partial charge is 0.289 e. The molecule has 0 saturated carbocycles. The van der Waals surface area contributed by atoms with Crippen molar-refractivity contribution in [3.63, 3.8) is 0 Å². The number of carbonyl (C=O) groups is 1. The first kappa shape index (κ1) is 13.9. The Kier molecular flexibility index (Phi) is 4.70. The van der Waals surface area contributed by atoms with Crippen LogP contribution in [0.1, 0.15) is 21.5 Å². The van der Waals surface area contributed by atoms with Gasteiger partial charge in [0.2, 0.25) is 0 Å². The number of alkyl halides is 1. The Bertz CT molecular complexity index is 581. The monoisotopic (exact) mass is 388 g/mol. The number of ketones is 1. The van der Waals surface area contributed by atoms with E-state index in [1.807, 2.05) is 24.3 Å². The number of carbonyl (C=O) groups excluding carboxylic acids is 1. The molecule has 1 nitrogen and oxygen atoms in total. The molecule has 2 rings (SSSR count). The minimum atomic E-state index is -0.00232. The van der Waals surface area contributed by atoms with E-state index < -0.39 is 0 Å². The number of thiol groups is 1. The van der Waals surface area contributed by atoms with Crippen LogP contribution in [0, 0.1) is 0 Å². The molecule has 4 heteroatoms. The van der Waals surface area contributed by atoms with Crippen molar-refractivity contribution in [3.05, 3.63) is 64.2 Å². The van der Waals surface area contributed by atoms with Crippen LogP contribution in [0.3, 0.4) is 0 Å². The molecule has 0 amide bonds. The average Bonchev–Trinajstić information content (AvgIpc) is 2.39. The van der Waals surface area contributed by atoms with Crippen LogP contribution in [0.4, 0.5) is 0 Å². The highest BCUT2D eigenvalue weighted by Crippen LogP contribution is 2.22. The van der Waals surface area contributed by atoms with Gasteiger partial charge in [0.25, 0.3) is 0 Å². The van der Waals surface area contributed by atoms with E-state index in [1.54, 1.807) is 18.2 Å². The Morgan fingerprint density at radius 3 is 2.44 bits per heavy atom. The van der Waals surface area contributed by atoms with Gasteiger partial charge in [-0.3, -0.25) is 4.79 Å². The van der Waals surface area contributed by atoms with Gasteiger partial charge in [-0.15, -0.1) is 12.6 Å². The van der Waals surface area contributed by atoms with Gasteiger partial charge in [0, 0.05) is 25.5 Å². The summed E-state index contributed by atoms with van der Waals surface area (Å²) in [7, 11) is 0. The molecular weight excluding hydrogens is 379 g/mol. The summed E-state index contributed by atoms with van der Waals surface area (Å²) in [4.78, 5) is 13.2. The van der Waals surface area contributed by atoms with E-state index >= 15 is 0 Å². The molecule has 0 spiro atoms. The van der Waals surface area contributed by atoms with E-state index in [1.165, 1.54) is 0 Å². The van der Waals surface area contributed by atoms with E-state index in [9.17, 15) is 4.79 Å². The SMILES string of the molecule is O=C(c1ccc(S)cc1)c1cc(Cl)ccc1CI. The maximum atomic E-state index is 12.4.